The van der Waals surface area contributed by atoms with E-state index in [1.54, 1.807) is 24.6 Å². The third-order valence-electron chi connectivity index (χ3n) is 4.24. The molecule has 3 nitrogen and oxygen atoms in total. The van der Waals surface area contributed by atoms with E-state index in [-0.39, 0.29) is 0 Å². The monoisotopic (exact) mass is 346 g/mol. The summed E-state index contributed by atoms with van der Waals surface area (Å²) in [6, 6.07) is 18.5. The highest BCUT2D eigenvalue weighted by Crippen LogP contribution is 2.46. The van der Waals surface area contributed by atoms with Gasteiger partial charge in [-0.1, -0.05) is 42.0 Å². The molecule has 0 saturated heterocycles. The van der Waals surface area contributed by atoms with Gasteiger partial charge in [0.15, 0.2) is 0 Å². The van der Waals surface area contributed by atoms with Gasteiger partial charge in [-0.05, 0) is 36.2 Å². The second-order valence-corrected chi connectivity index (χ2v) is 7.01. The summed E-state index contributed by atoms with van der Waals surface area (Å²) in [4.78, 5) is 5.81. The minimum Gasteiger partial charge on any atom is -0.497 e. The molecule has 2 N–H and O–H groups in total. The van der Waals surface area contributed by atoms with E-state index >= 15 is 0 Å². The van der Waals surface area contributed by atoms with E-state index in [2.05, 4.69) is 42.2 Å². The smallest absolute Gasteiger partial charge is 0.119 e. The third kappa shape index (κ3) is 2.75. The Morgan fingerprint density at radius 1 is 1.00 bits per heavy atom. The molecule has 0 aliphatic carbocycles. The first kappa shape index (κ1) is 15.7. The van der Waals surface area contributed by atoms with Gasteiger partial charge in [0.2, 0.25) is 0 Å². The van der Waals surface area contributed by atoms with Gasteiger partial charge in [-0.3, -0.25) is 4.98 Å². The number of nitrogen functional groups attached to an aromatic ring is 1. The molecule has 0 unspecified atom stereocenters. The number of methoxy groups -OCH3 is 1. The normalized spacial score (nSPS) is 11.0. The van der Waals surface area contributed by atoms with Crippen LogP contribution in [0, 0.1) is 6.92 Å². The van der Waals surface area contributed by atoms with Crippen LogP contribution in [0.3, 0.4) is 0 Å². The Balaban J connectivity index is 2.07. The lowest BCUT2D eigenvalue weighted by Gasteiger charge is -2.08. The van der Waals surface area contributed by atoms with Crippen molar-refractivity contribution in [3.05, 3.63) is 66.4 Å². The Morgan fingerprint density at radius 2 is 1.80 bits per heavy atom. The van der Waals surface area contributed by atoms with Crippen molar-refractivity contribution < 1.29 is 4.74 Å². The fourth-order valence-electron chi connectivity index (χ4n) is 3.05. The minimum absolute atomic E-state index is 0.762. The molecule has 2 aromatic heterocycles. The van der Waals surface area contributed by atoms with Crippen LogP contribution in [0.5, 0.6) is 5.75 Å². The molecule has 25 heavy (non-hydrogen) atoms. The van der Waals surface area contributed by atoms with Crippen LogP contribution in [0.4, 0.5) is 5.69 Å². The van der Waals surface area contributed by atoms with Gasteiger partial charge >= 0.3 is 0 Å². The predicted molar refractivity (Wildman–Crippen MR) is 106 cm³/mol. The molecule has 0 atom stereocenters. The average molecular weight is 346 g/mol. The predicted octanol–water partition coefficient (Wildman–Crippen LogP) is 5.53. The molecular formula is C21H18N2OS. The molecule has 4 rings (SSSR count). The van der Waals surface area contributed by atoms with Crippen molar-refractivity contribution in [1.29, 1.82) is 0 Å². The molecule has 0 amide bonds. The van der Waals surface area contributed by atoms with E-state index in [1.165, 1.54) is 16.0 Å². The van der Waals surface area contributed by atoms with Crippen LogP contribution in [0.1, 0.15) is 5.56 Å². The van der Waals surface area contributed by atoms with E-state index in [9.17, 15) is 0 Å². The van der Waals surface area contributed by atoms with Crippen molar-refractivity contribution in [2.75, 3.05) is 12.8 Å². The lowest BCUT2D eigenvalue weighted by molar-refractivity contribution is 0.415. The van der Waals surface area contributed by atoms with Crippen LogP contribution in [-0.2, 0) is 0 Å². The van der Waals surface area contributed by atoms with Gasteiger partial charge in [-0.25, -0.2) is 0 Å². The zero-order chi connectivity index (χ0) is 17.4. The molecule has 0 spiro atoms. The Kier molecular flexibility index (Phi) is 3.90. The van der Waals surface area contributed by atoms with Crippen LogP contribution in [-0.4, -0.2) is 12.1 Å². The largest absolute Gasteiger partial charge is 0.497 e. The maximum absolute atomic E-state index is 6.23. The molecule has 0 radical (unpaired) electrons. The Bertz CT molecular complexity index is 1070. The fourth-order valence-corrected chi connectivity index (χ4v) is 4.25. The number of aryl methyl sites for hydroxylation is 1. The van der Waals surface area contributed by atoms with Gasteiger partial charge in [0, 0.05) is 16.6 Å². The molecule has 2 heterocycles. The molecule has 0 aliphatic rings. The van der Waals surface area contributed by atoms with Crippen LogP contribution >= 0.6 is 11.3 Å². The Morgan fingerprint density at radius 3 is 2.60 bits per heavy atom. The van der Waals surface area contributed by atoms with Crippen molar-refractivity contribution in [1.82, 2.24) is 4.98 Å². The lowest BCUT2D eigenvalue weighted by Crippen LogP contribution is -1.88. The van der Waals surface area contributed by atoms with Crippen molar-refractivity contribution in [3.8, 4) is 27.3 Å². The van der Waals surface area contributed by atoms with Crippen molar-refractivity contribution >= 4 is 27.2 Å². The number of rotatable bonds is 3. The Labute approximate surface area is 150 Å². The number of hydrogen-bond donors (Lipinski definition) is 1. The topological polar surface area (TPSA) is 48.1 Å². The molecule has 0 fully saturated rings. The van der Waals surface area contributed by atoms with Crippen LogP contribution in [0.2, 0.25) is 0 Å². The summed E-state index contributed by atoms with van der Waals surface area (Å²) < 4.78 is 6.44. The van der Waals surface area contributed by atoms with E-state index in [0.29, 0.717) is 0 Å². The Hall–Kier alpha value is -2.85. The number of nitrogens with two attached hydrogens (primary N) is 1. The first-order valence-corrected chi connectivity index (χ1v) is 8.87. The van der Waals surface area contributed by atoms with Gasteiger partial charge in [0.25, 0.3) is 0 Å². The summed E-state index contributed by atoms with van der Waals surface area (Å²) >= 11 is 1.69. The lowest BCUT2D eigenvalue weighted by atomic mass is 10.00. The summed E-state index contributed by atoms with van der Waals surface area (Å²) in [6.45, 7) is 2.11. The molecule has 2 aromatic carbocycles. The third-order valence-corrected chi connectivity index (χ3v) is 5.52. The number of ether oxygens (including phenoxy) is 1. The molecule has 0 aliphatic heterocycles. The number of hydrogen-bond acceptors (Lipinski definition) is 4. The highest BCUT2D eigenvalue weighted by Gasteiger charge is 2.18. The standard InChI is InChI=1S/C21H18N2OS/c1-13-5-3-7-15(11-13)20-18(14-6-4-8-16(12-14)24-2)19-21(25-20)17(22)9-10-23-19/h3-12H,1-2H3,(H2,22,23). The minimum atomic E-state index is 0.762. The van der Waals surface area contributed by atoms with Gasteiger partial charge < -0.3 is 10.5 Å². The summed E-state index contributed by atoms with van der Waals surface area (Å²) in [7, 11) is 1.68. The van der Waals surface area contributed by atoms with Crippen LogP contribution in [0.25, 0.3) is 31.8 Å². The van der Waals surface area contributed by atoms with E-state index < -0.39 is 0 Å². The SMILES string of the molecule is COc1cccc(-c2c(-c3cccc(C)c3)sc3c(N)ccnc23)c1. The summed E-state index contributed by atoms with van der Waals surface area (Å²) in [6.07, 6.45) is 1.77. The molecular weight excluding hydrogens is 328 g/mol. The molecule has 4 aromatic rings. The van der Waals surface area contributed by atoms with Crippen molar-refractivity contribution in [3.63, 3.8) is 0 Å². The first-order valence-electron chi connectivity index (χ1n) is 8.06. The number of anilines is 1. The highest BCUT2D eigenvalue weighted by molar-refractivity contribution is 7.23. The maximum atomic E-state index is 6.23. The van der Waals surface area contributed by atoms with Gasteiger partial charge in [0.05, 0.1) is 23.0 Å². The molecule has 0 bridgehead atoms. The highest BCUT2D eigenvalue weighted by atomic mass is 32.1. The fraction of sp³-hybridized carbons (Fsp3) is 0.0952. The second-order valence-electron chi connectivity index (χ2n) is 5.99. The molecule has 0 saturated carbocycles. The quantitative estimate of drug-likeness (QED) is 0.530. The van der Waals surface area contributed by atoms with Crippen molar-refractivity contribution in [2.24, 2.45) is 0 Å². The van der Waals surface area contributed by atoms with E-state index in [0.717, 1.165) is 32.8 Å². The first-order chi connectivity index (χ1) is 12.2. The summed E-state index contributed by atoms with van der Waals surface area (Å²) in [5, 5.41) is 0. The zero-order valence-electron chi connectivity index (χ0n) is 14.1. The van der Waals surface area contributed by atoms with Gasteiger partial charge in [-0.15, -0.1) is 11.3 Å². The van der Waals surface area contributed by atoms with Crippen LogP contribution in [0.15, 0.2) is 60.8 Å². The maximum Gasteiger partial charge on any atom is 0.119 e. The number of nitrogens with zero attached hydrogens (tertiary/aromatic N) is 1. The number of fused-ring (bicyclic) bond motifs is 1. The van der Waals surface area contributed by atoms with E-state index in [1.807, 2.05) is 24.3 Å². The van der Waals surface area contributed by atoms with Crippen LogP contribution < -0.4 is 10.5 Å². The summed E-state index contributed by atoms with van der Waals surface area (Å²) in [5.41, 5.74) is 12.5. The number of benzene rings is 2. The number of pyridine rings is 1. The number of thiophene rings is 1. The second kappa shape index (κ2) is 6.22. The summed E-state index contributed by atoms with van der Waals surface area (Å²) in [5.74, 6) is 0.830. The van der Waals surface area contributed by atoms with Gasteiger partial charge in [0.1, 0.15) is 5.75 Å². The number of aromatic nitrogens is 1. The van der Waals surface area contributed by atoms with Crippen molar-refractivity contribution in [2.45, 2.75) is 6.92 Å². The molecule has 4 heteroatoms. The zero-order valence-corrected chi connectivity index (χ0v) is 14.9. The molecule has 124 valence electrons. The average Bonchev–Trinajstić information content (AvgIpc) is 3.03. The van der Waals surface area contributed by atoms with Gasteiger partial charge in [-0.2, -0.15) is 0 Å². The van der Waals surface area contributed by atoms with E-state index in [4.69, 9.17) is 10.5 Å².